The first-order valence-electron chi connectivity index (χ1n) is 5.39. The van der Waals surface area contributed by atoms with Crippen molar-refractivity contribution in [2.45, 2.75) is 13.5 Å². The summed E-state index contributed by atoms with van der Waals surface area (Å²) in [6.45, 7) is 2.20. The molecule has 0 saturated carbocycles. The van der Waals surface area contributed by atoms with Crippen molar-refractivity contribution in [3.05, 3.63) is 59.4 Å². The number of hydrogen-bond acceptors (Lipinski definition) is 1. The van der Waals surface area contributed by atoms with Crippen LogP contribution in [0.15, 0.2) is 42.5 Å². The van der Waals surface area contributed by atoms with Crippen LogP contribution in [0.25, 0.3) is 0 Å². The molecule has 2 aromatic carbocycles. The Balaban J connectivity index is 2.10. The lowest BCUT2D eigenvalue weighted by Gasteiger charge is -2.09. The van der Waals surface area contributed by atoms with Crippen LogP contribution >= 0.6 is 9.24 Å². The summed E-state index contributed by atoms with van der Waals surface area (Å²) in [5.74, 6) is 0.322. The molecule has 17 heavy (non-hydrogen) atoms. The number of ether oxygens (including phenoxy) is 1. The Kier molecular flexibility index (Phi) is 3.75. The monoisotopic (exact) mass is 248 g/mol. The van der Waals surface area contributed by atoms with Gasteiger partial charge < -0.3 is 4.74 Å². The summed E-state index contributed by atoms with van der Waals surface area (Å²) in [5, 5.41) is 0.827. The standard InChI is InChI=1S/C14H14FOP/c1-10-13(15)7-12(8-14(10)17)16-9-11-5-3-2-4-6-11/h2-8H,9,17H2,1H3. The number of benzene rings is 2. The third kappa shape index (κ3) is 3.04. The molecule has 0 bridgehead atoms. The fourth-order valence-electron chi connectivity index (χ4n) is 1.50. The third-order valence-corrected chi connectivity index (χ3v) is 3.21. The van der Waals surface area contributed by atoms with Crippen molar-refractivity contribution in [2.24, 2.45) is 0 Å². The van der Waals surface area contributed by atoms with Crippen LogP contribution in [0.1, 0.15) is 11.1 Å². The molecule has 1 unspecified atom stereocenters. The molecule has 0 saturated heterocycles. The molecule has 0 amide bonds. The van der Waals surface area contributed by atoms with Crippen molar-refractivity contribution in [1.82, 2.24) is 0 Å². The smallest absolute Gasteiger partial charge is 0.130 e. The van der Waals surface area contributed by atoms with Crippen LogP contribution in [0.4, 0.5) is 4.39 Å². The predicted molar refractivity (Wildman–Crippen MR) is 71.3 cm³/mol. The Morgan fingerprint density at radius 1 is 1.18 bits per heavy atom. The van der Waals surface area contributed by atoms with Gasteiger partial charge in [0.15, 0.2) is 0 Å². The zero-order chi connectivity index (χ0) is 12.3. The molecule has 1 atom stereocenters. The number of halogens is 1. The molecule has 3 heteroatoms. The molecule has 0 N–H and O–H groups in total. The van der Waals surface area contributed by atoms with Gasteiger partial charge in [-0.15, -0.1) is 9.24 Å². The van der Waals surface area contributed by atoms with E-state index in [2.05, 4.69) is 9.24 Å². The molecule has 0 fully saturated rings. The molecular formula is C14H14FOP. The minimum atomic E-state index is -0.236. The van der Waals surface area contributed by atoms with E-state index in [0.717, 1.165) is 10.9 Å². The Hall–Kier alpha value is -1.40. The quantitative estimate of drug-likeness (QED) is 0.758. The molecule has 0 radical (unpaired) electrons. The summed E-state index contributed by atoms with van der Waals surface area (Å²) in [6.07, 6.45) is 0. The second kappa shape index (κ2) is 5.29. The lowest BCUT2D eigenvalue weighted by molar-refractivity contribution is 0.305. The van der Waals surface area contributed by atoms with E-state index < -0.39 is 0 Å². The van der Waals surface area contributed by atoms with Crippen molar-refractivity contribution >= 4 is 14.5 Å². The SMILES string of the molecule is Cc1c(F)cc(OCc2ccccc2)cc1P. The van der Waals surface area contributed by atoms with Gasteiger partial charge in [0.2, 0.25) is 0 Å². The van der Waals surface area contributed by atoms with Crippen LogP contribution in [-0.2, 0) is 6.61 Å². The lowest BCUT2D eigenvalue weighted by Crippen LogP contribution is -2.03. The first-order chi connectivity index (χ1) is 8.16. The van der Waals surface area contributed by atoms with Gasteiger partial charge in [-0.3, -0.25) is 0 Å². The molecule has 1 nitrogen and oxygen atoms in total. The van der Waals surface area contributed by atoms with Crippen LogP contribution in [0, 0.1) is 12.7 Å². The van der Waals surface area contributed by atoms with Crippen molar-refractivity contribution in [1.29, 1.82) is 0 Å². The Morgan fingerprint density at radius 2 is 1.88 bits per heavy atom. The topological polar surface area (TPSA) is 9.23 Å². The van der Waals surface area contributed by atoms with Gasteiger partial charge in [0.1, 0.15) is 18.2 Å². The molecule has 0 aliphatic carbocycles. The average Bonchev–Trinajstić information content (AvgIpc) is 2.34. The minimum Gasteiger partial charge on any atom is -0.489 e. The lowest BCUT2D eigenvalue weighted by atomic mass is 10.2. The van der Waals surface area contributed by atoms with E-state index in [0.29, 0.717) is 17.9 Å². The largest absolute Gasteiger partial charge is 0.489 e. The summed E-state index contributed by atoms with van der Waals surface area (Å²) in [7, 11) is 2.51. The molecule has 0 spiro atoms. The molecule has 0 aromatic heterocycles. The highest BCUT2D eigenvalue weighted by Gasteiger charge is 2.04. The molecule has 0 aliphatic rings. The number of hydrogen-bond donors (Lipinski definition) is 0. The second-order valence-electron chi connectivity index (χ2n) is 3.89. The van der Waals surface area contributed by atoms with Gasteiger partial charge in [0.25, 0.3) is 0 Å². The fourth-order valence-corrected chi connectivity index (χ4v) is 1.80. The highest BCUT2D eigenvalue weighted by Crippen LogP contribution is 2.17. The van der Waals surface area contributed by atoms with Crippen LogP contribution in [0.2, 0.25) is 0 Å². The molecule has 0 aliphatic heterocycles. The molecule has 88 valence electrons. The van der Waals surface area contributed by atoms with Gasteiger partial charge in [-0.2, -0.15) is 0 Å². The average molecular weight is 248 g/mol. The minimum absolute atomic E-state index is 0.236. The zero-order valence-corrected chi connectivity index (χ0v) is 10.8. The normalized spacial score (nSPS) is 10.3. The number of rotatable bonds is 3. The summed E-state index contributed by atoms with van der Waals surface area (Å²) in [4.78, 5) is 0. The summed E-state index contributed by atoms with van der Waals surface area (Å²) < 4.78 is 19.0. The van der Waals surface area contributed by atoms with Gasteiger partial charge >= 0.3 is 0 Å². The summed E-state index contributed by atoms with van der Waals surface area (Å²) in [5.41, 5.74) is 1.71. The van der Waals surface area contributed by atoms with Crippen molar-refractivity contribution in [2.75, 3.05) is 0 Å². The van der Waals surface area contributed by atoms with Crippen LogP contribution < -0.4 is 10.0 Å². The van der Waals surface area contributed by atoms with E-state index in [4.69, 9.17) is 4.74 Å². The highest BCUT2D eigenvalue weighted by atomic mass is 31.0. The van der Waals surface area contributed by atoms with Crippen LogP contribution in [0.5, 0.6) is 5.75 Å². The van der Waals surface area contributed by atoms with Gasteiger partial charge in [0, 0.05) is 6.07 Å². The van der Waals surface area contributed by atoms with Crippen molar-refractivity contribution < 1.29 is 9.13 Å². The van der Waals surface area contributed by atoms with Crippen LogP contribution in [-0.4, -0.2) is 0 Å². The van der Waals surface area contributed by atoms with E-state index >= 15 is 0 Å². The van der Waals surface area contributed by atoms with Gasteiger partial charge in [-0.25, -0.2) is 4.39 Å². The van der Waals surface area contributed by atoms with E-state index in [1.54, 1.807) is 6.92 Å². The Labute approximate surface area is 103 Å². The van der Waals surface area contributed by atoms with Crippen LogP contribution in [0.3, 0.4) is 0 Å². The Morgan fingerprint density at radius 3 is 2.53 bits per heavy atom. The Bertz CT molecular complexity index is 488. The third-order valence-electron chi connectivity index (χ3n) is 2.61. The highest BCUT2D eigenvalue weighted by molar-refractivity contribution is 7.27. The van der Waals surface area contributed by atoms with Gasteiger partial charge in [-0.1, -0.05) is 30.3 Å². The summed E-state index contributed by atoms with van der Waals surface area (Å²) in [6, 6.07) is 13.1. The first kappa shape index (κ1) is 12.1. The summed E-state index contributed by atoms with van der Waals surface area (Å²) >= 11 is 0. The predicted octanol–water partition coefficient (Wildman–Crippen LogP) is 3.21. The van der Waals surface area contributed by atoms with E-state index in [1.807, 2.05) is 36.4 Å². The fraction of sp³-hybridized carbons (Fsp3) is 0.143. The zero-order valence-electron chi connectivity index (χ0n) is 9.61. The van der Waals surface area contributed by atoms with Gasteiger partial charge in [0.05, 0.1) is 0 Å². The van der Waals surface area contributed by atoms with E-state index in [9.17, 15) is 4.39 Å². The maximum Gasteiger partial charge on any atom is 0.130 e. The molecule has 2 aromatic rings. The van der Waals surface area contributed by atoms with Gasteiger partial charge in [-0.05, 0) is 29.4 Å². The first-order valence-corrected chi connectivity index (χ1v) is 5.97. The second-order valence-corrected chi connectivity index (χ2v) is 4.52. The molecule has 0 heterocycles. The molecule has 2 rings (SSSR count). The van der Waals surface area contributed by atoms with Crippen molar-refractivity contribution in [3.63, 3.8) is 0 Å². The van der Waals surface area contributed by atoms with E-state index in [-0.39, 0.29) is 5.82 Å². The maximum absolute atomic E-state index is 13.5. The van der Waals surface area contributed by atoms with E-state index in [1.165, 1.54) is 6.07 Å². The maximum atomic E-state index is 13.5. The molecular weight excluding hydrogens is 234 g/mol. The van der Waals surface area contributed by atoms with Crippen molar-refractivity contribution in [3.8, 4) is 5.75 Å².